The molecule has 0 fully saturated rings. The molecule has 0 amide bonds. The zero-order valence-electron chi connectivity index (χ0n) is 8.34. The molecule has 0 spiro atoms. The first kappa shape index (κ1) is 9.90. The fraction of sp³-hybridized carbons (Fsp3) is 0.455. The summed E-state index contributed by atoms with van der Waals surface area (Å²) in [6.45, 7) is 4.02. The zero-order chi connectivity index (χ0) is 9.97. The first-order valence-corrected chi connectivity index (χ1v) is 5.66. The van der Waals surface area contributed by atoms with Crippen molar-refractivity contribution in [2.75, 3.05) is 0 Å². The van der Waals surface area contributed by atoms with Gasteiger partial charge in [0.15, 0.2) is 6.29 Å². The number of hydrogen-bond acceptors (Lipinski definition) is 3. The van der Waals surface area contributed by atoms with Crippen LogP contribution in [0.4, 0.5) is 0 Å². The van der Waals surface area contributed by atoms with Crippen molar-refractivity contribution in [2.24, 2.45) is 0 Å². The third kappa shape index (κ3) is 2.23. The molecule has 2 heterocycles. The Morgan fingerprint density at radius 1 is 1.43 bits per heavy atom. The lowest BCUT2D eigenvalue weighted by atomic mass is 10.3. The predicted octanol–water partition coefficient (Wildman–Crippen LogP) is 3.13. The van der Waals surface area contributed by atoms with Crippen LogP contribution < -0.4 is 0 Å². The van der Waals surface area contributed by atoms with Crippen LogP contribution in [-0.2, 0) is 9.47 Å². The van der Waals surface area contributed by atoms with Gasteiger partial charge in [-0.05, 0) is 37.4 Å². The molecule has 2 unspecified atom stereocenters. The fourth-order valence-corrected chi connectivity index (χ4v) is 2.13. The molecule has 0 aromatic carbocycles. The van der Waals surface area contributed by atoms with E-state index in [4.69, 9.17) is 9.47 Å². The van der Waals surface area contributed by atoms with Gasteiger partial charge in [0.1, 0.15) is 6.10 Å². The molecule has 0 radical (unpaired) electrons. The van der Waals surface area contributed by atoms with Crippen molar-refractivity contribution >= 4 is 11.3 Å². The van der Waals surface area contributed by atoms with Crippen LogP contribution in [0.15, 0.2) is 29.7 Å². The lowest BCUT2D eigenvalue weighted by Gasteiger charge is -2.15. The molecule has 1 aliphatic rings. The summed E-state index contributed by atoms with van der Waals surface area (Å²) < 4.78 is 11.2. The summed E-state index contributed by atoms with van der Waals surface area (Å²) in [4.78, 5) is 1.23. The van der Waals surface area contributed by atoms with E-state index in [2.05, 4.69) is 17.5 Å². The van der Waals surface area contributed by atoms with Crippen LogP contribution in [0, 0.1) is 0 Å². The molecule has 2 nitrogen and oxygen atoms in total. The minimum atomic E-state index is -0.179. The van der Waals surface area contributed by atoms with Gasteiger partial charge in [-0.1, -0.05) is 6.07 Å². The smallest absolute Gasteiger partial charge is 0.178 e. The molecule has 1 aromatic heterocycles. The van der Waals surface area contributed by atoms with Gasteiger partial charge < -0.3 is 9.47 Å². The van der Waals surface area contributed by atoms with Crippen molar-refractivity contribution in [2.45, 2.75) is 32.3 Å². The lowest BCUT2D eigenvalue weighted by Crippen LogP contribution is -2.16. The number of hydrogen-bond donors (Lipinski definition) is 0. The highest BCUT2D eigenvalue weighted by Crippen LogP contribution is 2.30. The Balaban J connectivity index is 1.93. The first-order chi connectivity index (χ1) is 6.75. The minimum absolute atomic E-state index is 0.0822. The van der Waals surface area contributed by atoms with Gasteiger partial charge in [-0.15, -0.1) is 11.3 Å². The largest absolute Gasteiger partial charge is 0.346 e. The molecule has 3 heteroatoms. The van der Waals surface area contributed by atoms with Crippen LogP contribution >= 0.6 is 11.3 Å². The normalized spacial score (nSPS) is 26.2. The van der Waals surface area contributed by atoms with Crippen LogP contribution in [0.2, 0.25) is 0 Å². The van der Waals surface area contributed by atoms with Crippen LogP contribution in [0.25, 0.3) is 0 Å². The van der Waals surface area contributed by atoms with Crippen molar-refractivity contribution in [3.63, 3.8) is 0 Å². The highest BCUT2D eigenvalue weighted by atomic mass is 32.1. The van der Waals surface area contributed by atoms with E-state index in [1.54, 1.807) is 11.3 Å². The maximum absolute atomic E-state index is 5.69. The summed E-state index contributed by atoms with van der Waals surface area (Å²) in [5.41, 5.74) is 0. The van der Waals surface area contributed by atoms with Crippen molar-refractivity contribution in [1.82, 2.24) is 0 Å². The minimum Gasteiger partial charge on any atom is -0.346 e. The van der Waals surface area contributed by atoms with Crippen LogP contribution in [0.1, 0.15) is 24.8 Å². The Labute approximate surface area is 88.2 Å². The van der Waals surface area contributed by atoms with Gasteiger partial charge in [-0.2, -0.15) is 0 Å². The second kappa shape index (κ2) is 4.26. The highest BCUT2D eigenvalue weighted by Gasteiger charge is 2.22. The Morgan fingerprint density at radius 2 is 2.29 bits per heavy atom. The Morgan fingerprint density at radius 3 is 2.93 bits per heavy atom. The molecule has 0 saturated carbocycles. The fourth-order valence-electron chi connectivity index (χ4n) is 1.39. The molecule has 0 N–H and O–H groups in total. The predicted molar refractivity (Wildman–Crippen MR) is 57.3 cm³/mol. The Bertz CT molecular complexity index is 303. The van der Waals surface area contributed by atoms with Gasteiger partial charge in [0, 0.05) is 4.88 Å². The maximum atomic E-state index is 5.69. The van der Waals surface area contributed by atoms with Gasteiger partial charge in [-0.25, -0.2) is 0 Å². The van der Waals surface area contributed by atoms with Crippen molar-refractivity contribution < 1.29 is 9.47 Å². The van der Waals surface area contributed by atoms with Gasteiger partial charge in [0.25, 0.3) is 0 Å². The number of thiophene rings is 1. The monoisotopic (exact) mass is 210 g/mol. The second-order valence-corrected chi connectivity index (χ2v) is 4.49. The van der Waals surface area contributed by atoms with Crippen LogP contribution in [0.5, 0.6) is 0 Å². The van der Waals surface area contributed by atoms with Crippen LogP contribution in [-0.4, -0.2) is 12.4 Å². The number of rotatable bonds is 3. The maximum Gasteiger partial charge on any atom is 0.178 e. The zero-order valence-corrected chi connectivity index (χ0v) is 9.16. The van der Waals surface area contributed by atoms with E-state index in [1.165, 1.54) is 4.88 Å². The quantitative estimate of drug-likeness (QED) is 0.714. The van der Waals surface area contributed by atoms with E-state index in [0.29, 0.717) is 0 Å². The Hall–Kier alpha value is -0.640. The molecule has 1 aliphatic heterocycles. The van der Waals surface area contributed by atoms with E-state index in [0.717, 1.165) is 0 Å². The van der Waals surface area contributed by atoms with E-state index >= 15 is 0 Å². The van der Waals surface area contributed by atoms with Gasteiger partial charge in [-0.3, -0.25) is 0 Å². The summed E-state index contributed by atoms with van der Waals surface area (Å²) in [7, 11) is 0. The lowest BCUT2D eigenvalue weighted by molar-refractivity contribution is -0.138. The Kier molecular flexibility index (Phi) is 3.01. The number of ether oxygens (including phenoxy) is 2. The molecular weight excluding hydrogens is 196 g/mol. The van der Waals surface area contributed by atoms with E-state index in [-0.39, 0.29) is 18.5 Å². The second-order valence-electron chi connectivity index (χ2n) is 3.51. The summed E-state index contributed by atoms with van der Waals surface area (Å²) in [5, 5.41) is 2.06. The summed E-state index contributed by atoms with van der Waals surface area (Å²) in [6.07, 6.45) is 4.14. The summed E-state index contributed by atoms with van der Waals surface area (Å²) in [5.74, 6) is 0. The molecular formula is C11H14O2S. The van der Waals surface area contributed by atoms with Crippen molar-refractivity contribution in [3.8, 4) is 0 Å². The molecule has 14 heavy (non-hydrogen) atoms. The van der Waals surface area contributed by atoms with Gasteiger partial charge in [0.05, 0.1) is 6.10 Å². The summed E-state index contributed by atoms with van der Waals surface area (Å²) in [6, 6.07) is 4.12. The highest BCUT2D eigenvalue weighted by molar-refractivity contribution is 7.10. The molecule has 2 atom stereocenters. The topological polar surface area (TPSA) is 18.5 Å². The third-order valence-corrected chi connectivity index (χ3v) is 2.89. The average molecular weight is 210 g/mol. The third-order valence-electron chi connectivity index (χ3n) is 1.95. The molecule has 76 valence electrons. The average Bonchev–Trinajstić information content (AvgIpc) is 2.69. The first-order valence-electron chi connectivity index (χ1n) is 4.78. The summed E-state index contributed by atoms with van der Waals surface area (Å²) >= 11 is 1.71. The van der Waals surface area contributed by atoms with E-state index in [9.17, 15) is 0 Å². The molecule has 0 saturated heterocycles. The van der Waals surface area contributed by atoms with E-state index in [1.807, 2.05) is 26.0 Å². The van der Waals surface area contributed by atoms with Crippen molar-refractivity contribution in [1.29, 1.82) is 0 Å². The molecule has 0 aliphatic carbocycles. The standard InChI is InChI=1S/C11H14O2S/c1-8(2)12-11-6-5-9(13-11)10-4-3-7-14-10/h3-9,11H,1-2H3. The SMILES string of the molecule is CC(C)OC1C=CC(c2cccs2)O1. The molecule has 0 bridgehead atoms. The molecule has 2 rings (SSSR count). The molecule has 1 aromatic rings. The van der Waals surface area contributed by atoms with Crippen molar-refractivity contribution in [3.05, 3.63) is 34.5 Å². The van der Waals surface area contributed by atoms with E-state index < -0.39 is 0 Å². The van der Waals surface area contributed by atoms with Gasteiger partial charge >= 0.3 is 0 Å². The van der Waals surface area contributed by atoms with Crippen LogP contribution in [0.3, 0.4) is 0 Å². The van der Waals surface area contributed by atoms with Gasteiger partial charge in [0.2, 0.25) is 0 Å².